The van der Waals surface area contributed by atoms with Crippen molar-refractivity contribution >= 4 is 28.9 Å². The van der Waals surface area contributed by atoms with Crippen LogP contribution in [0, 0.1) is 21.4 Å². The smallest absolute Gasteiger partial charge is 0.305 e. The molecule has 0 unspecified atom stereocenters. The molecule has 0 aromatic heterocycles. The van der Waals surface area contributed by atoms with Crippen molar-refractivity contribution in [1.29, 1.82) is 5.26 Å². The lowest BCUT2D eigenvalue weighted by molar-refractivity contribution is -0.384. The van der Waals surface area contributed by atoms with Crippen LogP contribution in [0.3, 0.4) is 0 Å². The van der Waals surface area contributed by atoms with Crippen LogP contribution in [0.5, 0.6) is 0 Å². The summed E-state index contributed by atoms with van der Waals surface area (Å²) in [6.45, 7) is 2.37. The van der Waals surface area contributed by atoms with E-state index in [1.54, 1.807) is 25.1 Å². The number of ether oxygens (including phenoxy) is 1. The van der Waals surface area contributed by atoms with Crippen LogP contribution in [0.25, 0.3) is 0 Å². The molecule has 9 heteroatoms. The second kappa shape index (κ2) is 10.4. The third-order valence-corrected chi connectivity index (χ3v) is 3.88. The fourth-order valence-corrected chi connectivity index (χ4v) is 2.53. The number of nitriles is 1. The van der Waals surface area contributed by atoms with E-state index in [-0.39, 0.29) is 29.3 Å². The largest absolute Gasteiger partial charge is 0.466 e. The molecule has 2 rings (SSSR count). The Morgan fingerprint density at radius 3 is 2.72 bits per heavy atom. The van der Waals surface area contributed by atoms with E-state index in [2.05, 4.69) is 10.6 Å². The predicted molar refractivity (Wildman–Crippen MR) is 107 cm³/mol. The highest BCUT2D eigenvalue weighted by molar-refractivity contribution is 6.05. The maximum Gasteiger partial charge on any atom is 0.305 e. The van der Waals surface area contributed by atoms with Gasteiger partial charge in [0.1, 0.15) is 5.69 Å². The predicted octanol–water partition coefficient (Wildman–Crippen LogP) is 3.47. The summed E-state index contributed by atoms with van der Waals surface area (Å²) in [6, 6.07) is 12.4. The van der Waals surface area contributed by atoms with E-state index >= 15 is 0 Å². The monoisotopic (exact) mass is 396 g/mol. The number of nitrogens with one attached hydrogen (secondary N) is 2. The van der Waals surface area contributed by atoms with Gasteiger partial charge in [-0.25, -0.2) is 0 Å². The summed E-state index contributed by atoms with van der Waals surface area (Å²) in [5.41, 5.74) is 0.909. The van der Waals surface area contributed by atoms with Gasteiger partial charge in [0, 0.05) is 30.3 Å². The Labute approximate surface area is 167 Å². The first-order valence-electron chi connectivity index (χ1n) is 8.94. The van der Waals surface area contributed by atoms with Gasteiger partial charge >= 0.3 is 5.97 Å². The standard InChI is InChI=1S/C20H20N4O5/c1-2-29-19(25)7-4-10-22-17-9-8-15(12-18(17)24(27)28)20(26)23-16-6-3-5-14(11-16)13-21/h3,5-6,8-9,11-12,22H,2,4,7,10H2,1H3,(H,23,26). The number of anilines is 2. The first-order chi connectivity index (χ1) is 13.9. The lowest BCUT2D eigenvalue weighted by atomic mass is 10.1. The van der Waals surface area contributed by atoms with Crippen LogP contribution >= 0.6 is 0 Å². The molecule has 0 saturated carbocycles. The Morgan fingerprint density at radius 1 is 1.24 bits per heavy atom. The SMILES string of the molecule is CCOC(=O)CCCNc1ccc(C(=O)Nc2cccc(C#N)c2)cc1[N+](=O)[O-]. The number of nitrogens with zero attached hydrogens (tertiary/aromatic N) is 2. The van der Waals surface area contributed by atoms with Crippen LogP contribution in [-0.4, -0.2) is 30.0 Å². The highest BCUT2D eigenvalue weighted by Gasteiger charge is 2.18. The number of hydrogen-bond donors (Lipinski definition) is 2. The van der Waals surface area contributed by atoms with Crippen LogP contribution < -0.4 is 10.6 Å². The first-order valence-corrected chi connectivity index (χ1v) is 8.94. The van der Waals surface area contributed by atoms with E-state index in [1.807, 2.05) is 6.07 Å². The molecule has 2 N–H and O–H groups in total. The van der Waals surface area contributed by atoms with Crippen molar-refractivity contribution in [2.45, 2.75) is 19.8 Å². The van der Waals surface area contributed by atoms with Gasteiger partial charge in [-0.05, 0) is 43.7 Å². The summed E-state index contributed by atoms with van der Waals surface area (Å²) in [5, 5.41) is 25.8. The minimum atomic E-state index is -0.583. The Bertz CT molecular complexity index is 952. The zero-order valence-electron chi connectivity index (χ0n) is 15.8. The van der Waals surface area contributed by atoms with Gasteiger partial charge in [-0.2, -0.15) is 5.26 Å². The number of carbonyl (C=O) groups excluding carboxylic acids is 2. The molecular weight excluding hydrogens is 376 g/mol. The first kappa shape index (κ1) is 21.4. The van der Waals surface area contributed by atoms with E-state index in [0.717, 1.165) is 0 Å². The maximum atomic E-state index is 12.4. The molecule has 0 fully saturated rings. The third-order valence-electron chi connectivity index (χ3n) is 3.88. The molecule has 0 atom stereocenters. The average Bonchev–Trinajstić information content (AvgIpc) is 2.71. The number of esters is 1. The molecule has 0 radical (unpaired) electrons. The minimum Gasteiger partial charge on any atom is -0.466 e. The number of benzene rings is 2. The van der Waals surface area contributed by atoms with E-state index in [0.29, 0.717) is 30.8 Å². The van der Waals surface area contributed by atoms with Gasteiger partial charge in [-0.15, -0.1) is 0 Å². The zero-order valence-corrected chi connectivity index (χ0v) is 15.8. The fraction of sp³-hybridized carbons (Fsp3) is 0.250. The molecule has 0 heterocycles. The summed E-state index contributed by atoms with van der Waals surface area (Å²) in [4.78, 5) is 34.5. The third kappa shape index (κ3) is 6.32. The van der Waals surface area contributed by atoms with Crippen LogP contribution in [0.4, 0.5) is 17.1 Å². The Balaban J connectivity index is 2.06. The van der Waals surface area contributed by atoms with E-state index < -0.39 is 10.8 Å². The Kier molecular flexibility index (Phi) is 7.68. The lowest BCUT2D eigenvalue weighted by Gasteiger charge is -2.09. The van der Waals surface area contributed by atoms with Gasteiger partial charge in [-0.3, -0.25) is 19.7 Å². The number of amides is 1. The molecule has 2 aromatic carbocycles. The number of nitro groups is 1. The number of nitro benzene ring substituents is 1. The van der Waals surface area contributed by atoms with Gasteiger partial charge in [0.15, 0.2) is 0 Å². The summed E-state index contributed by atoms with van der Waals surface area (Å²) >= 11 is 0. The zero-order chi connectivity index (χ0) is 21.2. The van der Waals surface area contributed by atoms with Gasteiger partial charge in [-0.1, -0.05) is 6.07 Å². The molecule has 150 valence electrons. The van der Waals surface area contributed by atoms with Gasteiger partial charge in [0.05, 0.1) is 23.2 Å². The topological polar surface area (TPSA) is 134 Å². The van der Waals surface area contributed by atoms with Crippen LogP contribution in [0.2, 0.25) is 0 Å². The van der Waals surface area contributed by atoms with Crippen molar-refractivity contribution in [3.63, 3.8) is 0 Å². The van der Waals surface area contributed by atoms with Crippen molar-refractivity contribution in [2.24, 2.45) is 0 Å². The molecule has 9 nitrogen and oxygen atoms in total. The highest BCUT2D eigenvalue weighted by Crippen LogP contribution is 2.26. The van der Waals surface area contributed by atoms with Crippen molar-refractivity contribution in [3.05, 3.63) is 63.7 Å². The summed E-state index contributed by atoms with van der Waals surface area (Å²) in [5.74, 6) is -0.853. The lowest BCUT2D eigenvalue weighted by Crippen LogP contribution is -2.13. The Morgan fingerprint density at radius 2 is 2.03 bits per heavy atom. The van der Waals surface area contributed by atoms with Crippen molar-refractivity contribution < 1.29 is 19.2 Å². The number of rotatable bonds is 9. The molecule has 0 bridgehead atoms. The van der Waals surface area contributed by atoms with Crippen LogP contribution in [0.1, 0.15) is 35.7 Å². The second-order valence-electron chi connectivity index (χ2n) is 5.97. The number of hydrogen-bond acceptors (Lipinski definition) is 7. The molecule has 29 heavy (non-hydrogen) atoms. The van der Waals surface area contributed by atoms with Crippen molar-refractivity contribution in [1.82, 2.24) is 0 Å². The molecule has 0 aliphatic heterocycles. The molecule has 0 aliphatic carbocycles. The van der Waals surface area contributed by atoms with Gasteiger partial charge in [0.25, 0.3) is 11.6 Å². The molecule has 2 aromatic rings. The summed E-state index contributed by atoms with van der Waals surface area (Å²) in [7, 11) is 0. The van der Waals surface area contributed by atoms with Crippen LogP contribution in [-0.2, 0) is 9.53 Å². The summed E-state index contributed by atoms with van der Waals surface area (Å²) in [6.07, 6.45) is 0.657. The van der Waals surface area contributed by atoms with Crippen LogP contribution in [0.15, 0.2) is 42.5 Å². The van der Waals surface area contributed by atoms with Gasteiger partial charge in [0.2, 0.25) is 0 Å². The van der Waals surface area contributed by atoms with E-state index in [9.17, 15) is 19.7 Å². The Hall–Kier alpha value is -3.93. The van der Waals surface area contributed by atoms with E-state index in [1.165, 1.54) is 24.3 Å². The van der Waals surface area contributed by atoms with Gasteiger partial charge < -0.3 is 15.4 Å². The highest BCUT2D eigenvalue weighted by atomic mass is 16.6. The normalized spacial score (nSPS) is 9.93. The second-order valence-corrected chi connectivity index (χ2v) is 5.97. The minimum absolute atomic E-state index is 0.108. The maximum absolute atomic E-state index is 12.4. The van der Waals surface area contributed by atoms with E-state index in [4.69, 9.17) is 10.00 Å². The van der Waals surface area contributed by atoms with Crippen molar-refractivity contribution in [2.75, 3.05) is 23.8 Å². The molecule has 0 aliphatic rings. The average molecular weight is 396 g/mol. The summed E-state index contributed by atoms with van der Waals surface area (Å²) < 4.78 is 4.82. The molecule has 0 spiro atoms. The molecule has 0 saturated heterocycles. The fourth-order valence-electron chi connectivity index (χ4n) is 2.53. The molecule has 1 amide bonds. The number of carbonyl (C=O) groups is 2. The molecular formula is C20H20N4O5. The van der Waals surface area contributed by atoms with Crippen molar-refractivity contribution in [3.8, 4) is 6.07 Å². The quantitative estimate of drug-likeness (QED) is 0.287.